The van der Waals surface area contributed by atoms with Gasteiger partial charge in [-0.3, -0.25) is 19.4 Å². The number of nitrogens with one attached hydrogen (secondary N) is 2. The molecular formula is C29H37N3O11S. The van der Waals surface area contributed by atoms with Crippen LogP contribution in [0.1, 0.15) is 34.1 Å². The number of dihydropyridines is 1. The molecule has 1 fully saturated rings. The van der Waals surface area contributed by atoms with Crippen molar-refractivity contribution in [3.63, 3.8) is 0 Å². The average molecular weight is 636 g/mol. The van der Waals surface area contributed by atoms with Gasteiger partial charge < -0.3 is 39.1 Å². The van der Waals surface area contributed by atoms with E-state index in [0.717, 1.165) is 0 Å². The number of ether oxygens (including phenoxy) is 6. The quantitative estimate of drug-likeness (QED) is 0.139. The van der Waals surface area contributed by atoms with E-state index in [4.69, 9.17) is 28.4 Å². The van der Waals surface area contributed by atoms with E-state index in [2.05, 4.69) is 28.3 Å². The van der Waals surface area contributed by atoms with Crippen LogP contribution in [0.5, 0.6) is 0 Å². The van der Waals surface area contributed by atoms with Gasteiger partial charge in [-0.25, -0.2) is 9.59 Å². The highest BCUT2D eigenvalue weighted by molar-refractivity contribution is 7.80. The van der Waals surface area contributed by atoms with Crippen LogP contribution in [-0.4, -0.2) is 86.2 Å². The van der Waals surface area contributed by atoms with E-state index in [1.54, 1.807) is 58.0 Å². The molecule has 3 rings (SSSR count). The molecule has 240 valence electrons. The molecule has 2 N–H and O–H groups in total. The van der Waals surface area contributed by atoms with Gasteiger partial charge in [0.1, 0.15) is 12.4 Å². The summed E-state index contributed by atoms with van der Waals surface area (Å²) in [4.78, 5) is 68.5. The zero-order chi connectivity index (χ0) is 32.4. The van der Waals surface area contributed by atoms with Crippen molar-refractivity contribution < 1.29 is 52.4 Å². The molecular weight excluding hydrogens is 598 g/mol. The first kappa shape index (κ1) is 34.2. The van der Waals surface area contributed by atoms with E-state index in [1.807, 2.05) is 0 Å². The number of hydrogen-bond donors (Lipinski definition) is 3. The highest BCUT2D eigenvalue weighted by atomic mass is 32.1. The third-order valence-electron chi connectivity index (χ3n) is 6.32. The number of thiol groups is 1. The minimum Gasteiger partial charge on any atom is -0.497 e. The second kappa shape index (κ2) is 16.0. The third kappa shape index (κ3) is 9.11. The Bertz CT molecular complexity index is 1280. The first-order valence-corrected chi connectivity index (χ1v) is 14.4. The van der Waals surface area contributed by atoms with E-state index in [9.17, 15) is 24.0 Å². The number of carbonyl (C=O) groups excluding carboxylic acids is 5. The number of para-hydroxylation sites is 1. The van der Waals surface area contributed by atoms with Crippen LogP contribution >= 0.6 is 12.6 Å². The van der Waals surface area contributed by atoms with Crippen molar-refractivity contribution in [2.75, 3.05) is 32.4 Å². The number of nitrogens with zero attached hydrogens (tertiary/aromatic N) is 1. The maximum atomic E-state index is 13.4. The predicted octanol–water partition coefficient (Wildman–Crippen LogP) is 1.75. The van der Waals surface area contributed by atoms with E-state index >= 15 is 0 Å². The van der Waals surface area contributed by atoms with Gasteiger partial charge in [0, 0.05) is 18.7 Å². The molecule has 14 nitrogen and oxygen atoms in total. The first-order chi connectivity index (χ1) is 20.9. The minimum absolute atomic E-state index is 0.0823. The highest BCUT2D eigenvalue weighted by Gasteiger charge is 2.43. The molecule has 1 amide bonds. The fourth-order valence-electron chi connectivity index (χ4n) is 3.89. The molecule has 2 unspecified atom stereocenters. The summed E-state index contributed by atoms with van der Waals surface area (Å²) in [6.07, 6.45) is -1.10. The van der Waals surface area contributed by atoms with Gasteiger partial charge in [-0.2, -0.15) is 0 Å². The van der Waals surface area contributed by atoms with Crippen LogP contribution in [0.15, 0.2) is 46.8 Å². The molecule has 15 heteroatoms. The molecule has 44 heavy (non-hydrogen) atoms. The molecule has 2 aliphatic rings. The minimum atomic E-state index is -1.51. The summed E-state index contributed by atoms with van der Waals surface area (Å²) in [5.74, 6) is -4.74. The van der Waals surface area contributed by atoms with Gasteiger partial charge in [0.2, 0.25) is 6.79 Å². The van der Waals surface area contributed by atoms with Gasteiger partial charge in [-0.15, -0.1) is 12.6 Å². The summed E-state index contributed by atoms with van der Waals surface area (Å²) in [6.45, 7) is 5.54. The molecule has 2 aliphatic heterocycles. The summed E-state index contributed by atoms with van der Waals surface area (Å²) in [6, 6.07) is 5.76. The van der Waals surface area contributed by atoms with Gasteiger partial charge >= 0.3 is 23.9 Å². The molecule has 0 aromatic heterocycles. The number of amides is 1. The molecule has 1 saturated heterocycles. The van der Waals surface area contributed by atoms with Crippen LogP contribution in [0.25, 0.3) is 0 Å². The molecule has 1 aromatic rings. The van der Waals surface area contributed by atoms with Crippen molar-refractivity contribution in [3.05, 3.63) is 41.9 Å². The molecule has 0 radical (unpaired) electrons. The van der Waals surface area contributed by atoms with Gasteiger partial charge in [-0.1, -0.05) is 45.9 Å². The number of anilines is 1. The number of methoxy groups -OCH3 is 1. The topological polar surface area (TPSA) is 177 Å². The number of carbonyl (C=O) groups is 5. The first-order valence-electron chi connectivity index (χ1n) is 13.9. The van der Waals surface area contributed by atoms with Crippen molar-refractivity contribution in [1.29, 1.82) is 0 Å². The summed E-state index contributed by atoms with van der Waals surface area (Å²) < 4.78 is 32.3. The third-order valence-corrected chi connectivity index (χ3v) is 6.72. The maximum absolute atomic E-state index is 13.4. The number of aliphatic imine (C=N–C) groups is 1. The lowest BCUT2D eigenvalue weighted by atomic mass is 10.1. The lowest BCUT2D eigenvalue weighted by molar-refractivity contribution is -0.166. The van der Waals surface area contributed by atoms with Crippen LogP contribution in [0, 0.1) is 11.8 Å². The summed E-state index contributed by atoms with van der Waals surface area (Å²) in [5, 5.41) is 5.40. The average Bonchev–Trinajstić information content (AvgIpc) is 3.03. The predicted molar refractivity (Wildman–Crippen MR) is 158 cm³/mol. The Hall–Kier alpha value is -4.27. The molecule has 0 spiro atoms. The Labute approximate surface area is 260 Å². The summed E-state index contributed by atoms with van der Waals surface area (Å²) in [5.41, 5.74) is -1.17. The van der Waals surface area contributed by atoms with Crippen LogP contribution in [0.3, 0.4) is 0 Å². The lowest BCUT2D eigenvalue weighted by Gasteiger charge is -2.30. The van der Waals surface area contributed by atoms with Crippen LogP contribution in [-0.2, 0) is 52.4 Å². The number of esters is 4. The SMILES string of the molecule is COC1=C(OCOC(=O)C(C)C)C(C(=O)N[C@H]2COC(=O)C(Nc3ccccc3)[C@@H](OC(=O)C(C)C)C(S)OC2=O)=NCC1. The smallest absolute Gasteiger partial charge is 0.333 e. The Morgan fingerprint density at radius 3 is 2.36 bits per heavy atom. The van der Waals surface area contributed by atoms with E-state index in [-0.39, 0.29) is 23.8 Å². The van der Waals surface area contributed by atoms with Gasteiger partial charge in [0.25, 0.3) is 5.91 Å². The molecule has 2 heterocycles. The molecule has 4 atom stereocenters. The monoisotopic (exact) mass is 635 g/mol. The fourth-order valence-corrected chi connectivity index (χ4v) is 4.22. The van der Waals surface area contributed by atoms with Gasteiger partial charge in [-0.05, 0) is 12.1 Å². The Morgan fingerprint density at radius 1 is 1.05 bits per heavy atom. The number of benzene rings is 1. The maximum Gasteiger partial charge on any atom is 0.333 e. The Kier molecular flexibility index (Phi) is 12.4. The normalized spacial score (nSPS) is 22.4. The lowest BCUT2D eigenvalue weighted by Crippen LogP contribution is -2.50. The van der Waals surface area contributed by atoms with E-state index in [0.29, 0.717) is 12.1 Å². The van der Waals surface area contributed by atoms with Crippen LogP contribution in [0.2, 0.25) is 0 Å². The van der Waals surface area contributed by atoms with Crippen LogP contribution < -0.4 is 10.6 Å². The standard InChI is InChI=1S/C29H37N3O11S/c1-15(2)25(34)41-14-40-22-19(38-5)11-12-30-20(22)24(33)32-18-13-39-28(37)21(31-17-9-7-6-8-10-17)23(29(44)43-27(18)36)42-26(35)16(3)4/h6-10,15-16,18,21,23,29,31,44H,11-14H2,1-5H3,(H,32,33)/t18-,21?,23+,29?/m0/s1. The second-order valence-corrected chi connectivity index (χ2v) is 10.9. The fraction of sp³-hybridized carbons (Fsp3) is 0.517. The Balaban J connectivity index is 1.82. The van der Waals surface area contributed by atoms with Gasteiger partial charge in [0.05, 0.1) is 18.9 Å². The summed E-state index contributed by atoms with van der Waals surface area (Å²) in [7, 11) is 1.38. The van der Waals surface area contributed by atoms with Crippen molar-refractivity contribution in [2.45, 2.75) is 57.7 Å². The summed E-state index contributed by atoms with van der Waals surface area (Å²) >= 11 is 4.34. The highest BCUT2D eigenvalue weighted by Crippen LogP contribution is 2.23. The molecule has 0 aliphatic carbocycles. The zero-order valence-corrected chi connectivity index (χ0v) is 26.0. The van der Waals surface area contributed by atoms with E-state index in [1.165, 1.54) is 7.11 Å². The van der Waals surface area contributed by atoms with Crippen LogP contribution in [0.4, 0.5) is 5.69 Å². The molecule has 0 bridgehead atoms. The van der Waals surface area contributed by atoms with Crippen molar-refractivity contribution in [1.82, 2.24) is 5.32 Å². The zero-order valence-electron chi connectivity index (χ0n) is 25.1. The number of cyclic esters (lactones) is 2. The van der Waals surface area contributed by atoms with Crippen molar-refractivity contribution >= 4 is 53.8 Å². The second-order valence-electron chi connectivity index (χ2n) is 10.3. The van der Waals surface area contributed by atoms with Gasteiger partial charge in [0.15, 0.2) is 35.1 Å². The largest absolute Gasteiger partial charge is 0.497 e. The Morgan fingerprint density at radius 2 is 1.73 bits per heavy atom. The van der Waals surface area contributed by atoms with Crippen molar-refractivity contribution in [2.24, 2.45) is 16.8 Å². The molecule has 1 aromatic carbocycles. The number of hydrogen-bond acceptors (Lipinski definition) is 14. The van der Waals surface area contributed by atoms with E-state index < -0.39 is 78.6 Å². The number of rotatable bonds is 11. The van der Waals surface area contributed by atoms with Crippen molar-refractivity contribution in [3.8, 4) is 0 Å². The molecule has 0 saturated carbocycles.